The number of carbonyl (C=O) groups is 1. The number of anilines is 2. The summed E-state index contributed by atoms with van der Waals surface area (Å²) in [4.78, 5) is 15.8. The minimum absolute atomic E-state index is 0.105. The average molecular weight is 383 g/mol. The zero-order valence-electron chi connectivity index (χ0n) is 16.7. The fourth-order valence-corrected chi connectivity index (χ4v) is 5.04. The Morgan fingerprint density at radius 2 is 1.85 bits per heavy atom. The second-order valence-electron chi connectivity index (χ2n) is 8.43. The van der Waals surface area contributed by atoms with Gasteiger partial charge in [-0.1, -0.05) is 0 Å². The summed E-state index contributed by atoms with van der Waals surface area (Å²) >= 11 is 1.50. The second kappa shape index (κ2) is 6.66. The van der Waals surface area contributed by atoms with Crippen molar-refractivity contribution < 1.29 is 4.79 Å². The van der Waals surface area contributed by atoms with Crippen LogP contribution in [-0.2, 0) is 12.0 Å². The summed E-state index contributed by atoms with van der Waals surface area (Å²) in [7, 11) is 3.92. The van der Waals surface area contributed by atoms with Gasteiger partial charge in [-0.2, -0.15) is 5.26 Å². The van der Waals surface area contributed by atoms with Gasteiger partial charge in [-0.15, -0.1) is 11.3 Å². The first kappa shape index (κ1) is 19.4. The molecule has 1 aliphatic rings. The number of nitrogens with zero attached hydrogens (tertiary/aromatic N) is 2. The molecule has 0 unspecified atom stereocenters. The normalized spacial score (nSPS) is 16.9. The summed E-state index contributed by atoms with van der Waals surface area (Å²) in [6.45, 7) is 8.52. The fraction of sp³-hybridized carbons (Fsp3) is 0.429. The molecule has 1 aromatic carbocycles. The number of thiophene rings is 1. The maximum atomic E-state index is 12.7. The molecule has 3 rings (SSSR count). The van der Waals surface area contributed by atoms with E-state index in [1.54, 1.807) is 12.1 Å². The van der Waals surface area contributed by atoms with Crippen molar-refractivity contribution in [2.45, 2.75) is 45.2 Å². The predicted molar refractivity (Wildman–Crippen MR) is 112 cm³/mol. The van der Waals surface area contributed by atoms with Gasteiger partial charge in [-0.25, -0.2) is 0 Å². The Morgan fingerprint density at radius 3 is 2.41 bits per heavy atom. The van der Waals surface area contributed by atoms with Crippen LogP contribution >= 0.6 is 11.3 Å². The van der Waals surface area contributed by atoms with E-state index in [4.69, 9.17) is 0 Å². The molecule has 0 radical (unpaired) electrons. The fourth-order valence-electron chi connectivity index (χ4n) is 3.82. The summed E-state index contributed by atoms with van der Waals surface area (Å²) in [5.74, 6) is -0.194. The molecule has 2 heterocycles. The van der Waals surface area contributed by atoms with Crippen molar-refractivity contribution in [3.8, 4) is 6.07 Å². The number of hydrogen-bond acceptors (Lipinski definition) is 5. The van der Waals surface area contributed by atoms with Crippen LogP contribution in [0.4, 0.5) is 10.7 Å². The molecule has 27 heavy (non-hydrogen) atoms. The third-order valence-corrected chi connectivity index (χ3v) is 6.30. The number of amides is 1. The average Bonchev–Trinajstić information content (AvgIpc) is 2.90. The molecule has 1 aromatic heterocycles. The van der Waals surface area contributed by atoms with Crippen LogP contribution in [0.1, 0.15) is 54.1 Å². The highest BCUT2D eigenvalue weighted by molar-refractivity contribution is 7.17. The van der Waals surface area contributed by atoms with Crippen LogP contribution in [0.15, 0.2) is 24.3 Å². The Labute approximate surface area is 165 Å². The first-order valence-electron chi connectivity index (χ1n) is 8.98. The number of rotatable bonds is 3. The van der Waals surface area contributed by atoms with Crippen LogP contribution in [0, 0.1) is 11.3 Å². The lowest BCUT2D eigenvalue weighted by Gasteiger charge is -2.42. The van der Waals surface area contributed by atoms with E-state index in [0.717, 1.165) is 22.5 Å². The molecule has 0 aliphatic carbocycles. The van der Waals surface area contributed by atoms with Crippen LogP contribution < -0.4 is 15.5 Å². The van der Waals surface area contributed by atoms with Crippen molar-refractivity contribution in [1.82, 2.24) is 5.32 Å². The quantitative estimate of drug-likeness (QED) is 0.839. The van der Waals surface area contributed by atoms with Crippen molar-refractivity contribution in [2.24, 2.45) is 0 Å². The van der Waals surface area contributed by atoms with Crippen molar-refractivity contribution >= 4 is 27.9 Å². The smallest absolute Gasteiger partial charge is 0.256 e. The topological polar surface area (TPSA) is 68.2 Å². The van der Waals surface area contributed by atoms with Crippen LogP contribution in [0.25, 0.3) is 0 Å². The van der Waals surface area contributed by atoms with Gasteiger partial charge >= 0.3 is 0 Å². The summed E-state index contributed by atoms with van der Waals surface area (Å²) < 4.78 is 0. The number of benzene rings is 1. The first-order valence-corrected chi connectivity index (χ1v) is 9.80. The van der Waals surface area contributed by atoms with Crippen molar-refractivity contribution in [3.63, 3.8) is 0 Å². The Kier molecular flexibility index (Phi) is 4.79. The van der Waals surface area contributed by atoms with E-state index in [-0.39, 0.29) is 17.0 Å². The molecule has 142 valence electrons. The monoisotopic (exact) mass is 382 g/mol. The standard InChI is InChI=1S/C21H26N4OS/c1-20(2)11-15-16(12-22)19(27-17(15)21(3,4)24-20)23-18(26)13-7-9-14(10-8-13)25(5)6/h7-10,24H,11H2,1-6H3,(H,23,26). The molecule has 5 nitrogen and oxygen atoms in total. The summed E-state index contributed by atoms with van der Waals surface area (Å²) in [5.41, 5.74) is 2.90. The number of nitrogens with one attached hydrogen (secondary N) is 2. The van der Waals surface area contributed by atoms with Gasteiger partial charge in [0.15, 0.2) is 0 Å². The number of nitriles is 1. The van der Waals surface area contributed by atoms with E-state index in [0.29, 0.717) is 16.1 Å². The van der Waals surface area contributed by atoms with E-state index in [2.05, 4.69) is 44.4 Å². The van der Waals surface area contributed by atoms with E-state index < -0.39 is 0 Å². The minimum Gasteiger partial charge on any atom is -0.378 e. The second-order valence-corrected chi connectivity index (χ2v) is 9.45. The molecular weight excluding hydrogens is 356 g/mol. The van der Waals surface area contributed by atoms with Crippen LogP contribution in [-0.4, -0.2) is 25.5 Å². The van der Waals surface area contributed by atoms with E-state index >= 15 is 0 Å². The minimum atomic E-state index is -0.246. The first-order chi connectivity index (χ1) is 12.5. The lowest BCUT2D eigenvalue weighted by Crippen LogP contribution is -2.54. The van der Waals surface area contributed by atoms with Gasteiger partial charge in [0, 0.05) is 41.3 Å². The van der Waals surface area contributed by atoms with Gasteiger partial charge in [0.25, 0.3) is 5.91 Å². The van der Waals surface area contributed by atoms with Gasteiger partial charge in [-0.3, -0.25) is 4.79 Å². The molecule has 2 aromatic rings. The zero-order chi connectivity index (χ0) is 20.0. The molecule has 0 saturated carbocycles. The Balaban J connectivity index is 1.93. The van der Waals surface area contributed by atoms with E-state index in [1.807, 2.05) is 31.1 Å². The highest BCUT2D eigenvalue weighted by atomic mass is 32.1. The molecule has 1 aliphatic heterocycles. The summed E-state index contributed by atoms with van der Waals surface area (Å²) in [6, 6.07) is 9.75. The molecule has 0 bridgehead atoms. The van der Waals surface area contributed by atoms with Crippen LogP contribution in [0.2, 0.25) is 0 Å². The summed E-state index contributed by atoms with van der Waals surface area (Å²) in [5, 5.41) is 17.0. The molecule has 0 fully saturated rings. The van der Waals surface area contributed by atoms with Crippen molar-refractivity contribution in [3.05, 3.63) is 45.8 Å². The maximum absolute atomic E-state index is 12.7. The summed E-state index contributed by atoms with van der Waals surface area (Å²) in [6.07, 6.45) is 0.762. The third kappa shape index (κ3) is 3.71. The Bertz CT molecular complexity index is 917. The predicted octanol–water partition coefficient (Wildman–Crippen LogP) is 4.10. The van der Waals surface area contributed by atoms with E-state index in [9.17, 15) is 10.1 Å². The highest BCUT2D eigenvalue weighted by Crippen LogP contribution is 2.44. The number of fused-ring (bicyclic) bond motifs is 1. The Morgan fingerprint density at radius 1 is 1.22 bits per heavy atom. The SMILES string of the molecule is CN(C)c1ccc(C(=O)Nc2sc3c(c2C#N)CC(C)(C)NC3(C)C)cc1. The molecule has 6 heteroatoms. The highest BCUT2D eigenvalue weighted by Gasteiger charge is 2.40. The lowest BCUT2D eigenvalue weighted by molar-refractivity contribution is 0.102. The molecule has 0 saturated heterocycles. The zero-order valence-corrected chi connectivity index (χ0v) is 17.5. The van der Waals surface area contributed by atoms with Gasteiger partial charge in [0.1, 0.15) is 11.1 Å². The van der Waals surface area contributed by atoms with Gasteiger partial charge in [-0.05, 0) is 63.9 Å². The third-order valence-electron chi connectivity index (χ3n) is 4.83. The molecular formula is C21H26N4OS. The maximum Gasteiger partial charge on any atom is 0.256 e. The van der Waals surface area contributed by atoms with Gasteiger partial charge < -0.3 is 15.5 Å². The lowest BCUT2D eigenvalue weighted by atomic mass is 9.81. The molecule has 0 spiro atoms. The van der Waals surface area contributed by atoms with Crippen molar-refractivity contribution in [2.75, 3.05) is 24.3 Å². The van der Waals surface area contributed by atoms with E-state index in [1.165, 1.54) is 11.3 Å². The molecule has 1 amide bonds. The van der Waals surface area contributed by atoms with Crippen LogP contribution in [0.3, 0.4) is 0 Å². The van der Waals surface area contributed by atoms with Gasteiger partial charge in [0.05, 0.1) is 5.56 Å². The number of carbonyl (C=O) groups excluding carboxylic acids is 1. The number of hydrogen-bond donors (Lipinski definition) is 2. The molecule has 2 N–H and O–H groups in total. The Hall–Kier alpha value is -2.36. The largest absolute Gasteiger partial charge is 0.378 e. The van der Waals surface area contributed by atoms with Crippen molar-refractivity contribution in [1.29, 1.82) is 5.26 Å². The van der Waals surface area contributed by atoms with Crippen LogP contribution in [0.5, 0.6) is 0 Å². The van der Waals surface area contributed by atoms with Gasteiger partial charge in [0.2, 0.25) is 0 Å². The molecule has 0 atom stereocenters.